The maximum atomic E-state index is 13.2. The number of hydrogen-bond donors (Lipinski definition) is 2. The maximum absolute atomic E-state index is 13.2. The highest BCUT2D eigenvalue weighted by Crippen LogP contribution is 2.32. The fourth-order valence-electron chi connectivity index (χ4n) is 3.82. The second kappa shape index (κ2) is 11.5. The topological polar surface area (TPSA) is 120 Å². The van der Waals surface area contributed by atoms with Crippen LogP contribution in [0, 0.1) is 17.2 Å². The molecule has 0 aromatic carbocycles. The van der Waals surface area contributed by atoms with Crippen LogP contribution in [0.3, 0.4) is 0 Å². The van der Waals surface area contributed by atoms with E-state index < -0.39 is 30.2 Å². The second-order valence-electron chi connectivity index (χ2n) is 8.08. The van der Waals surface area contributed by atoms with Crippen LogP contribution in [-0.4, -0.2) is 86.0 Å². The van der Waals surface area contributed by atoms with Crippen LogP contribution in [0.1, 0.15) is 18.9 Å². The highest BCUT2D eigenvalue weighted by atomic mass is 19.4. The molecule has 2 saturated heterocycles. The number of aromatic nitrogens is 1. The Morgan fingerprint density at radius 3 is 2.68 bits per heavy atom. The van der Waals surface area contributed by atoms with Crippen LogP contribution in [-0.2, 0) is 19.1 Å². The van der Waals surface area contributed by atoms with E-state index in [2.05, 4.69) is 10.4 Å². The van der Waals surface area contributed by atoms with Crippen molar-refractivity contribution in [2.24, 2.45) is 5.92 Å². The lowest BCUT2D eigenvalue weighted by Gasteiger charge is -2.35. The first-order chi connectivity index (χ1) is 16.2. The van der Waals surface area contributed by atoms with Gasteiger partial charge >= 0.3 is 6.18 Å². The molecule has 0 bridgehead atoms. The summed E-state index contributed by atoms with van der Waals surface area (Å²) in [5.41, 5.74) is 4.85. The maximum Gasteiger partial charge on any atom is 0.403 e. The van der Waals surface area contributed by atoms with Gasteiger partial charge in [-0.2, -0.15) is 18.4 Å². The molecule has 0 radical (unpaired) electrons. The molecule has 0 saturated carbocycles. The van der Waals surface area contributed by atoms with Gasteiger partial charge in [0.1, 0.15) is 11.9 Å². The minimum Gasteiger partial charge on any atom is -0.378 e. The summed E-state index contributed by atoms with van der Waals surface area (Å²) >= 11 is 0. The van der Waals surface area contributed by atoms with Crippen molar-refractivity contribution in [1.82, 2.24) is 20.7 Å². The Kier molecular flexibility index (Phi) is 8.65. The van der Waals surface area contributed by atoms with Gasteiger partial charge in [0.25, 0.3) is 0 Å². The van der Waals surface area contributed by atoms with Crippen LogP contribution in [0.2, 0.25) is 0 Å². The third-order valence-electron chi connectivity index (χ3n) is 5.57. The van der Waals surface area contributed by atoms with Gasteiger partial charge in [0.2, 0.25) is 11.8 Å². The third-order valence-corrected chi connectivity index (χ3v) is 5.57. The monoisotopic (exact) mass is 484 g/mol. The fourth-order valence-corrected chi connectivity index (χ4v) is 3.82. The zero-order chi connectivity index (χ0) is 24.7. The summed E-state index contributed by atoms with van der Waals surface area (Å²) in [7, 11) is 0. The van der Waals surface area contributed by atoms with Crippen molar-refractivity contribution >= 4 is 17.6 Å². The summed E-state index contributed by atoms with van der Waals surface area (Å²) in [6, 6.07) is 5.50. The van der Waals surface area contributed by atoms with Crippen LogP contribution in [0.5, 0.6) is 0 Å². The number of nitrogens with one attached hydrogen (secondary N) is 2. The number of ether oxygens (including phenoxy) is 2. The Labute approximate surface area is 195 Å². The molecule has 2 unspecified atom stereocenters. The molecule has 3 atom stereocenters. The van der Waals surface area contributed by atoms with Gasteiger partial charge in [0.05, 0.1) is 37.4 Å². The SMILES string of the molecule is C[C@@H](COCCC(=O)N1CCN(c2ccc(C#N)cn2)CC1)OC1CNNC(=O)C1C(F)(F)F. The molecule has 2 fully saturated rings. The molecule has 10 nitrogen and oxygen atoms in total. The number of carbonyl (C=O) groups is 2. The lowest BCUT2D eigenvalue weighted by atomic mass is 9.99. The minimum absolute atomic E-state index is 0.00584. The van der Waals surface area contributed by atoms with E-state index in [1.54, 1.807) is 24.0 Å². The summed E-state index contributed by atoms with van der Waals surface area (Å²) in [5, 5.41) is 8.85. The Morgan fingerprint density at radius 1 is 1.32 bits per heavy atom. The lowest BCUT2D eigenvalue weighted by Crippen LogP contribution is -2.60. The standard InChI is InChI=1S/C21H27F3N6O4/c1-14(34-16-12-27-28-20(32)19(16)21(22,23)24)13-33-9-4-18(31)30-7-5-29(6-8-30)17-3-2-15(10-25)11-26-17/h2-3,11,14,16,19,27H,4-9,12-13H2,1H3,(H,28,32)/t14-,16?,19?/m0/s1. The van der Waals surface area contributed by atoms with Crippen LogP contribution >= 0.6 is 0 Å². The normalized spacial score (nSPS) is 22.1. The Hall–Kier alpha value is -2.95. The van der Waals surface area contributed by atoms with Gasteiger partial charge in [0.15, 0.2) is 5.92 Å². The Bertz CT molecular complexity index is 884. The molecule has 2 N–H and O–H groups in total. The van der Waals surface area contributed by atoms with Gasteiger partial charge in [0, 0.05) is 38.9 Å². The smallest absolute Gasteiger partial charge is 0.378 e. The number of nitriles is 1. The molecule has 2 aliphatic rings. The number of nitrogens with zero attached hydrogens (tertiary/aromatic N) is 4. The quantitative estimate of drug-likeness (QED) is 0.515. The van der Waals surface area contributed by atoms with Crippen LogP contribution < -0.4 is 15.8 Å². The van der Waals surface area contributed by atoms with Gasteiger partial charge < -0.3 is 19.3 Å². The van der Waals surface area contributed by atoms with E-state index in [4.69, 9.17) is 14.7 Å². The summed E-state index contributed by atoms with van der Waals surface area (Å²) in [5.74, 6) is -2.76. The van der Waals surface area contributed by atoms with E-state index in [0.717, 1.165) is 5.82 Å². The van der Waals surface area contributed by atoms with E-state index in [1.165, 1.54) is 6.20 Å². The highest BCUT2D eigenvalue weighted by molar-refractivity contribution is 5.80. The number of alkyl halides is 3. The predicted molar refractivity (Wildman–Crippen MR) is 113 cm³/mol. The summed E-state index contributed by atoms with van der Waals surface area (Å²) < 4.78 is 50.3. The summed E-state index contributed by atoms with van der Waals surface area (Å²) in [4.78, 5) is 32.0. The van der Waals surface area contributed by atoms with Crippen molar-refractivity contribution in [3.05, 3.63) is 23.9 Å². The van der Waals surface area contributed by atoms with Crippen molar-refractivity contribution in [2.45, 2.75) is 31.7 Å². The van der Waals surface area contributed by atoms with Crippen LogP contribution in [0.15, 0.2) is 18.3 Å². The fraction of sp³-hybridized carbons (Fsp3) is 0.619. The first-order valence-electron chi connectivity index (χ1n) is 10.9. The van der Waals surface area contributed by atoms with Crippen molar-refractivity contribution in [1.29, 1.82) is 5.26 Å². The molecule has 2 amide bonds. The van der Waals surface area contributed by atoms with E-state index >= 15 is 0 Å². The average molecular weight is 484 g/mol. The van der Waals surface area contributed by atoms with Crippen molar-refractivity contribution in [3.8, 4) is 6.07 Å². The molecular formula is C21H27F3N6O4. The number of halogens is 3. The minimum atomic E-state index is -4.72. The molecule has 2 aliphatic heterocycles. The van der Waals surface area contributed by atoms with Gasteiger partial charge in [-0.25, -0.2) is 10.4 Å². The van der Waals surface area contributed by atoms with Gasteiger partial charge in [-0.05, 0) is 19.1 Å². The molecule has 34 heavy (non-hydrogen) atoms. The molecule has 3 rings (SSSR count). The molecule has 0 spiro atoms. The predicted octanol–water partition coefficient (Wildman–Crippen LogP) is 0.595. The number of anilines is 1. The van der Waals surface area contributed by atoms with Crippen molar-refractivity contribution in [3.63, 3.8) is 0 Å². The molecule has 3 heterocycles. The Morgan fingerprint density at radius 2 is 2.06 bits per heavy atom. The summed E-state index contributed by atoms with van der Waals surface area (Å²) in [6.45, 7) is 3.75. The number of pyridine rings is 1. The van der Waals surface area contributed by atoms with Gasteiger partial charge in [-0.15, -0.1) is 0 Å². The zero-order valence-corrected chi connectivity index (χ0v) is 18.7. The van der Waals surface area contributed by atoms with E-state index in [9.17, 15) is 22.8 Å². The van der Waals surface area contributed by atoms with Crippen molar-refractivity contribution < 1.29 is 32.2 Å². The van der Waals surface area contributed by atoms with Crippen LogP contribution in [0.4, 0.5) is 19.0 Å². The first kappa shape index (κ1) is 25.7. The molecule has 13 heteroatoms. The molecule has 1 aromatic heterocycles. The number of amides is 2. The van der Waals surface area contributed by atoms with Crippen LogP contribution in [0.25, 0.3) is 0 Å². The lowest BCUT2D eigenvalue weighted by molar-refractivity contribution is -0.219. The molecular weight excluding hydrogens is 457 g/mol. The van der Waals surface area contributed by atoms with Gasteiger partial charge in [-0.3, -0.25) is 15.0 Å². The zero-order valence-electron chi connectivity index (χ0n) is 18.7. The number of piperazine rings is 1. The number of rotatable bonds is 8. The second-order valence-corrected chi connectivity index (χ2v) is 8.08. The summed E-state index contributed by atoms with van der Waals surface area (Å²) in [6.07, 6.45) is -5.13. The number of hydrogen-bond acceptors (Lipinski definition) is 8. The van der Waals surface area contributed by atoms with E-state index in [-0.39, 0.29) is 32.1 Å². The first-order valence-corrected chi connectivity index (χ1v) is 10.9. The number of carbonyl (C=O) groups excluding carboxylic acids is 2. The van der Waals surface area contributed by atoms with E-state index in [1.807, 2.05) is 16.4 Å². The van der Waals surface area contributed by atoms with Crippen molar-refractivity contribution in [2.75, 3.05) is 50.8 Å². The van der Waals surface area contributed by atoms with Gasteiger partial charge in [-0.1, -0.05) is 0 Å². The molecule has 0 aliphatic carbocycles. The van der Waals surface area contributed by atoms with E-state index in [0.29, 0.717) is 31.7 Å². The molecule has 1 aromatic rings. The largest absolute Gasteiger partial charge is 0.403 e. The highest BCUT2D eigenvalue weighted by Gasteiger charge is 2.52. The number of hydrazine groups is 1. The average Bonchev–Trinajstić information content (AvgIpc) is 2.81. The Balaban J connectivity index is 1.35. The third kappa shape index (κ3) is 6.78. The molecule has 186 valence electrons.